The molecule has 0 heterocycles. The Morgan fingerprint density at radius 3 is 2.61 bits per heavy atom. The fourth-order valence-corrected chi connectivity index (χ4v) is 5.62. The fourth-order valence-electron chi connectivity index (χ4n) is 5.62. The number of carbonyl (C=O) groups is 1. The first-order valence-electron chi connectivity index (χ1n) is 9.06. The maximum Gasteiger partial charge on any atom is 0.309 e. The van der Waals surface area contributed by atoms with Gasteiger partial charge in [0.2, 0.25) is 0 Å². The number of aliphatic carboxylic acids is 1. The zero-order valence-corrected chi connectivity index (χ0v) is 14.9. The molecule has 0 bridgehead atoms. The summed E-state index contributed by atoms with van der Waals surface area (Å²) in [5.41, 5.74) is 1.80. The van der Waals surface area contributed by atoms with Crippen LogP contribution in [0, 0.1) is 28.6 Å². The van der Waals surface area contributed by atoms with Crippen LogP contribution in [0.1, 0.15) is 66.2 Å². The van der Waals surface area contributed by atoms with E-state index < -0.39 is 11.4 Å². The molecule has 0 amide bonds. The van der Waals surface area contributed by atoms with Gasteiger partial charge in [-0.2, -0.15) is 0 Å². The van der Waals surface area contributed by atoms with Crippen molar-refractivity contribution in [2.45, 2.75) is 66.2 Å². The van der Waals surface area contributed by atoms with E-state index >= 15 is 0 Å². The van der Waals surface area contributed by atoms with E-state index in [-0.39, 0.29) is 11.3 Å². The van der Waals surface area contributed by atoms with E-state index in [1.807, 2.05) is 6.92 Å². The molecule has 23 heavy (non-hydrogen) atoms. The lowest BCUT2D eigenvalue weighted by Crippen LogP contribution is -2.53. The van der Waals surface area contributed by atoms with Gasteiger partial charge in [-0.1, -0.05) is 38.8 Å². The first-order valence-corrected chi connectivity index (χ1v) is 9.06. The Morgan fingerprint density at radius 2 is 2.00 bits per heavy atom. The zero-order chi connectivity index (χ0) is 17.0. The van der Waals surface area contributed by atoms with E-state index in [0.717, 1.165) is 37.7 Å². The van der Waals surface area contributed by atoms with Crippen LogP contribution in [0.2, 0.25) is 0 Å². The van der Waals surface area contributed by atoms with Gasteiger partial charge < -0.3 is 10.2 Å². The molecule has 1 saturated carbocycles. The van der Waals surface area contributed by atoms with Crippen molar-refractivity contribution >= 4 is 5.97 Å². The van der Waals surface area contributed by atoms with Crippen LogP contribution < -0.4 is 0 Å². The lowest BCUT2D eigenvalue weighted by molar-refractivity contribution is -0.163. The molecule has 4 atom stereocenters. The van der Waals surface area contributed by atoms with Gasteiger partial charge >= 0.3 is 5.97 Å². The molecule has 0 radical (unpaired) electrons. The maximum atomic E-state index is 12.0. The Kier molecular flexibility index (Phi) is 3.89. The van der Waals surface area contributed by atoms with Crippen molar-refractivity contribution in [3.63, 3.8) is 0 Å². The second kappa shape index (κ2) is 5.39. The third-order valence-corrected chi connectivity index (χ3v) is 7.17. The van der Waals surface area contributed by atoms with Gasteiger partial charge in [0, 0.05) is 6.42 Å². The molecule has 0 aliphatic heterocycles. The molecule has 0 aromatic rings. The molecule has 3 aliphatic rings. The van der Waals surface area contributed by atoms with Crippen LogP contribution in [0.15, 0.2) is 23.0 Å². The van der Waals surface area contributed by atoms with Gasteiger partial charge in [-0.15, -0.1) is 0 Å². The van der Waals surface area contributed by atoms with Crippen LogP contribution in [0.5, 0.6) is 0 Å². The quantitative estimate of drug-likeness (QED) is 0.745. The van der Waals surface area contributed by atoms with E-state index in [9.17, 15) is 15.0 Å². The summed E-state index contributed by atoms with van der Waals surface area (Å²) in [6.07, 6.45) is 7.64. The van der Waals surface area contributed by atoms with Crippen molar-refractivity contribution in [2.24, 2.45) is 28.6 Å². The molecule has 0 saturated heterocycles. The third kappa shape index (κ3) is 2.35. The SMILES string of the molecule is CC(C)C1=CC2=C(O)C[C@@H]3[C@](C)(CCC[C@@]3(C)C(=O)O)[C@H]2CC1. The Morgan fingerprint density at radius 1 is 1.30 bits per heavy atom. The van der Waals surface area contributed by atoms with E-state index in [1.165, 1.54) is 5.57 Å². The van der Waals surface area contributed by atoms with Crippen LogP contribution in [0.25, 0.3) is 0 Å². The molecule has 0 spiro atoms. The molecule has 2 N–H and O–H groups in total. The van der Waals surface area contributed by atoms with Crippen molar-refractivity contribution in [1.29, 1.82) is 0 Å². The lowest BCUT2D eigenvalue weighted by Gasteiger charge is -2.57. The number of fused-ring (bicyclic) bond motifs is 3. The first kappa shape index (κ1) is 16.6. The molecule has 3 heteroatoms. The maximum absolute atomic E-state index is 12.0. The molecular formula is C20H30O3. The van der Waals surface area contributed by atoms with E-state index in [4.69, 9.17) is 0 Å². The smallest absolute Gasteiger partial charge is 0.309 e. The van der Waals surface area contributed by atoms with Crippen molar-refractivity contribution < 1.29 is 15.0 Å². The Balaban J connectivity index is 2.07. The average molecular weight is 318 g/mol. The highest BCUT2D eigenvalue weighted by Crippen LogP contribution is 2.63. The molecule has 0 aromatic heterocycles. The van der Waals surface area contributed by atoms with Gasteiger partial charge in [-0.3, -0.25) is 4.79 Å². The molecule has 0 unspecified atom stereocenters. The Labute approximate surface area is 139 Å². The zero-order valence-electron chi connectivity index (χ0n) is 14.9. The van der Waals surface area contributed by atoms with Crippen LogP contribution in [-0.4, -0.2) is 16.2 Å². The number of hydrogen-bond acceptors (Lipinski definition) is 2. The standard InChI is InChI=1S/C20H30O3/c1-12(2)13-6-7-15-14(10-13)16(21)11-17-19(15,3)8-5-9-20(17,4)18(22)23/h10,12,15,17,21H,5-9,11H2,1-4H3,(H,22,23)/t15-,17+,19+,20+/m0/s1. The summed E-state index contributed by atoms with van der Waals surface area (Å²) in [4.78, 5) is 12.0. The van der Waals surface area contributed by atoms with Gasteiger partial charge in [0.15, 0.2) is 0 Å². The summed E-state index contributed by atoms with van der Waals surface area (Å²) >= 11 is 0. The highest BCUT2D eigenvalue weighted by molar-refractivity contribution is 5.75. The largest absolute Gasteiger partial charge is 0.512 e. The molecule has 128 valence electrons. The number of aliphatic hydroxyl groups excluding tert-OH is 1. The van der Waals surface area contributed by atoms with Crippen molar-refractivity contribution in [1.82, 2.24) is 0 Å². The molecular weight excluding hydrogens is 288 g/mol. The second-order valence-corrected chi connectivity index (χ2v) is 8.71. The summed E-state index contributed by atoms with van der Waals surface area (Å²) in [7, 11) is 0. The van der Waals surface area contributed by atoms with Crippen LogP contribution in [0.4, 0.5) is 0 Å². The number of hydrogen-bond donors (Lipinski definition) is 2. The average Bonchev–Trinajstić information content (AvgIpc) is 2.49. The number of carboxylic acids is 1. The summed E-state index contributed by atoms with van der Waals surface area (Å²) < 4.78 is 0. The summed E-state index contributed by atoms with van der Waals surface area (Å²) in [5.74, 6) is 0.604. The number of aliphatic hydroxyl groups is 1. The van der Waals surface area contributed by atoms with Crippen molar-refractivity contribution in [3.05, 3.63) is 23.0 Å². The summed E-state index contributed by atoms with van der Waals surface area (Å²) in [6, 6.07) is 0. The predicted octanol–water partition coefficient (Wildman–Crippen LogP) is 5.09. The Hall–Kier alpha value is -1.25. The minimum absolute atomic E-state index is 0.00797. The molecule has 3 aliphatic carbocycles. The normalized spacial score (nSPS) is 40.5. The third-order valence-electron chi connectivity index (χ3n) is 7.17. The van der Waals surface area contributed by atoms with Crippen LogP contribution in [-0.2, 0) is 4.79 Å². The first-order chi connectivity index (χ1) is 10.7. The fraction of sp³-hybridized carbons (Fsp3) is 0.750. The van der Waals surface area contributed by atoms with Crippen LogP contribution >= 0.6 is 0 Å². The van der Waals surface area contributed by atoms with Crippen LogP contribution in [0.3, 0.4) is 0 Å². The monoisotopic (exact) mass is 318 g/mol. The topological polar surface area (TPSA) is 57.5 Å². The predicted molar refractivity (Wildman–Crippen MR) is 91.1 cm³/mol. The summed E-state index contributed by atoms with van der Waals surface area (Å²) in [6.45, 7) is 8.59. The van der Waals surface area contributed by atoms with Gasteiger partial charge in [-0.25, -0.2) is 0 Å². The van der Waals surface area contributed by atoms with E-state index in [1.54, 1.807) is 0 Å². The van der Waals surface area contributed by atoms with Gasteiger partial charge in [-0.05, 0) is 61.3 Å². The Bertz CT molecular complexity index is 586. The van der Waals surface area contributed by atoms with Crippen molar-refractivity contribution in [3.8, 4) is 0 Å². The number of rotatable bonds is 2. The lowest BCUT2D eigenvalue weighted by atomic mass is 9.46. The highest BCUT2D eigenvalue weighted by Gasteiger charge is 2.58. The molecule has 3 rings (SSSR count). The molecule has 3 nitrogen and oxygen atoms in total. The second-order valence-electron chi connectivity index (χ2n) is 8.71. The minimum Gasteiger partial charge on any atom is -0.512 e. The molecule has 1 fully saturated rings. The van der Waals surface area contributed by atoms with Gasteiger partial charge in [0.25, 0.3) is 0 Å². The molecule has 0 aromatic carbocycles. The highest BCUT2D eigenvalue weighted by atomic mass is 16.4. The van der Waals surface area contributed by atoms with Crippen molar-refractivity contribution in [2.75, 3.05) is 0 Å². The summed E-state index contributed by atoms with van der Waals surface area (Å²) in [5, 5.41) is 20.6. The minimum atomic E-state index is -0.714. The van der Waals surface area contributed by atoms with E-state index in [2.05, 4.69) is 26.8 Å². The van der Waals surface area contributed by atoms with Gasteiger partial charge in [0.1, 0.15) is 0 Å². The van der Waals surface area contributed by atoms with Gasteiger partial charge in [0.05, 0.1) is 11.2 Å². The number of carboxylic acid groups (broad SMARTS) is 1. The van der Waals surface area contributed by atoms with E-state index in [0.29, 0.717) is 24.0 Å². The number of allylic oxidation sites excluding steroid dienone is 4.